The maximum absolute atomic E-state index is 2.25. The summed E-state index contributed by atoms with van der Waals surface area (Å²) in [4.78, 5) is 0. The van der Waals surface area contributed by atoms with Gasteiger partial charge in [-0.2, -0.15) is 0 Å². The van der Waals surface area contributed by atoms with Gasteiger partial charge in [0.25, 0.3) is 0 Å². The molecule has 0 aromatic rings. The van der Waals surface area contributed by atoms with E-state index in [-0.39, 0.29) is 0 Å². The van der Waals surface area contributed by atoms with Crippen LogP contribution < -0.4 is 0 Å². The third-order valence-corrected chi connectivity index (χ3v) is 0.866. The van der Waals surface area contributed by atoms with E-state index in [1.807, 2.05) is 0 Å². The molecule has 0 aliphatic carbocycles. The van der Waals surface area contributed by atoms with Crippen molar-refractivity contribution < 1.29 is 0 Å². The Bertz CT molecular complexity index is 26.7. The van der Waals surface area contributed by atoms with Crippen molar-refractivity contribution >= 4 is 28.5 Å². The van der Waals surface area contributed by atoms with Crippen molar-refractivity contribution in [2.24, 2.45) is 0 Å². The molecule has 0 nitrogen and oxygen atoms in total. The molecule has 0 atom stereocenters. The molecule has 0 aliphatic heterocycles. The highest BCUT2D eigenvalue weighted by molar-refractivity contribution is 7.48. The third kappa shape index (κ3) is 4.26. The van der Waals surface area contributed by atoms with Gasteiger partial charge in [0.1, 0.15) is 0 Å². The van der Waals surface area contributed by atoms with Crippen LogP contribution in [-0.2, 0) is 0 Å². The Kier molecular flexibility index (Phi) is 3.60. The fourth-order valence-electron chi connectivity index (χ4n) is 0.577. The molecule has 0 spiro atoms. The summed E-state index contributed by atoms with van der Waals surface area (Å²) in [6.07, 6.45) is 0. The topological polar surface area (TPSA) is 0 Å². The zero-order valence-electron chi connectivity index (χ0n) is 4.99. The molecule has 0 N–H and O–H groups in total. The maximum Gasteiger partial charge on any atom is 0.0741 e. The number of hydrogen-bond acceptors (Lipinski definition) is 0. The van der Waals surface area contributed by atoms with E-state index in [0.717, 1.165) is 6.49 Å². The number of rotatable bonds is 2. The lowest BCUT2D eigenvalue weighted by Crippen LogP contribution is -2.22. The summed E-state index contributed by atoms with van der Waals surface area (Å²) in [6, 6.07) is 0. The van der Waals surface area contributed by atoms with Gasteiger partial charge in [-0.1, -0.05) is 6.82 Å². The molecule has 0 heterocycles. The van der Waals surface area contributed by atoms with Crippen LogP contribution in [0.4, 0.5) is 0 Å². The van der Waals surface area contributed by atoms with Gasteiger partial charge in [-0.05, 0) is 0 Å². The smallest absolute Gasteiger partial charge is 0.0741 e. The van der Waals surface area contributed by atoms with E-state index < -0.39 is 0 Å². The molecule has 0 saturated heterocycles. The molecule has 0 unspecified atom stereocenters. The minimum atomic E-state index is 0.898. The molecule has 30 valence electrons. The van der Waals surface area contributed by atoms with Crippen LogP contribution in [-0.4, -0.2) is 28.5 Å². The second-order valence-corrected chi connectivity index (χ2v) is 2.18. The largest absolute Gasteiger partial charge is 0.100 e. The maximum atomic E-state index is 2.25. The van der Waals surface area contributed by atoms with Crippen molar-refractivity contribution in [3.8, 4) is 0 Å². The minimum Gasteiger partial charge on any atom is -0.100 e. The molecular weight excluding hydrogens is 67.3 g/mol. The van der Waals surface area contributed by atoms with Crippen molar-refractivity contribution in [1.82, 2.24) is 0 Å². The molecule has 0 aliphatic rings. The molecule has 4 heteroatoms. The fraction of sp³-hybridized carbons (Fsp3) is 1.00. The van der Waals surface area contributed by atoms with Gasteiger partial charge >= 0.3 is 0 Å². The normalized spacial score (nSPS) is 7.00. The van der Waals surface area contributed by atoms with Crippen LogP contribution in [0.2, 0.25) is 13.6 Å². The lowest BCUT2D eigenvalue weighted by Gasteiger charge is -1.87. The van der Waals surface area contributed by atoms with Crippen molar-refractivity contribution in [3.05, 3.63) is 0 Å². The fourth-order valence-corrected chi connectivity index (χ4v) is 0.577. The first-order valence-electron chi connectivity index (χ1n) is 2.77. The molecule has 0 amide bonds. The monoisotopic (exact) mass is 78.1 g/mol. The summed E-state index contributed by atoms with van der Waals surface area (Å²) in [6.45, 7) is 5.37. The van der Waals surface area contributed by atoms with E-state index in [1.54, 1.807) is 0 Å². The van der Waals surface area contributed by atoms with Crippen LogP contribution in [0.1, 0.15) is 0 Å². The standard InChI is InChI=1S/C2H10B4/c1-4-5-6(2)3/h4-5H,3H2,1-2H3. The Morgan fingerprint density at radius 1 is 1.67 bits per heavy atom. The van der Waals surface area contributed by atoms with Crippen LogP contribution in [0.15, 0.2) is 0 Å². The molecule has 0 rings (SSSR count). The Morgan fingerprint density at radius 2 is 2.17 bits per heavy atom. The van der Waals surface area contributed by atoms with Gasteiger partial charge < -0.3 is 0 Å². The van der Waals surface area contributed by atoms with E-state index in [4.69, 9.17) is 0 Å². The van der Waals surface area contributed by atoms with Crippen molar-refractivity contribution in [3.63, 3.8) is 0 Å². The van der Waals surface area contributed by atoms with Gasteiger partial charge in [-0.25, -0.2) is 0 Å². The molecule has 6 heavy (non-hydrogen) atoms. The van der Waals surface area contributed by atoms with Gasteiger partial charge in [0.05, 0.1) is 28.5 Å². The van der Waals surface area contributed by atoms with Gasteiger partial charge in [0, 0.05) is 0 Å². The van der Waals surface area contributed by atoms with Gasteiger partial charge in [-0.15, -0.1) is 6.82 Å². The van der Waals surface area contributed by atoms with E-state index in [9.17, 15) is 0 Å². The van der Waals surface area contributed by atoms with Crippen molar-refractivity contribution in [2.45, 2.75) is 13.6 Å². The van der Waals surface area contributed by atoms with Gasteiger partial charge in [0.15, 0.2) is 0 Å². The van der Waals surface area contributed by atoms with Gasteiger partial charge in [0.2, 0.25) is 0 Å². The van der Waals surface area contributed by atoms with E-state index in [1.165, 1.54) is 14.2 Å². The predicted molar refractivity (Wildman–Crippen MR) is 40.3 cm³/mol. The van der Waals surface area contributed by atoms with Crippen LogP contribution in [0.5, 0.6) is 0 Å². The average molecular weight is 77.3 g/mol. The summed E-state index contributed by atoms with van der Waals surface area (Å²) < 4.78 is 0. The zero-order chi connectivity index (χ0) is 4.99. The van der Waals surface area contributed by atoms with Crippen LogP contribution in [0.25, 0.3) is 0 Å². The Labute approximate surface area is 43.0 Å². The first-order chi connectivity index (χ1) is 2.77. The summed E-state index contributed by atoms with van der Waals surface area (Å²) in [5.41, 5.74) is 0. The highest BCUT2D eigenvalue weighted by atomic mass is 13.0. The van der Waals surface area contributed by atoms with Crippen LogP contribution >= 0.6 is 0 Å². The molecule has 0 aromatic carbocycles. The lowest BCUT2D eigenvalue weighted by molar-refractivity contribution is 2.32. The first kappa shape index (κ1) is 6.26. The van der Waals surface area contributed by atoms with E-state index >= 15 is 0 Å². The molecular formula is C2H10B4. The second kappa shape index (κ2) is 3.45. The molecule has 0 bridgehead atoms. The van der Waals surface area contributed by atoms with Crippen LogP contribution in [0, 0.1) is 0 Å². The summed E-state index contributed by atoms with van der Waals surface area (Å²) in [5, 5.41) is 0. The highest BCUT2D eigenvalue weighted by Gasteiger charge is 1.94. The third-order valence-electron chi connectivity index (χ3n) is 0.866. The molecule has 0 saturated carbocycles. The Morgan fingerprint density at radius 3 is 2.17 bits per heavy atom. The first-order valence-corrected chi connectivity index (χ1v) is 2.77. The summed E-state index contributed by atoms with van der Waals surface area (Å²) >= 11 is 0. The molecule has 0 radical (unpaired) electrons. The quantitative estimate of drug-likeness (QED) is 0.355. The second-order valence-electron chi connectivity index (χ2n) is 2.18. The SMILES string of the molecule is BB(C)BBC. The highest BCUT2D eigenvalue weighted by Crippen LogP contribution is 1.63. The average Bonchev–Trinajstić information content (AvgIpc) is 1.35. The Balaban J connectivity index is 2.63. The molecule has 0 aromatic heterocycles. The van der Waals surface area contributed by atoms with Crippen molar-refractivity contribution in [2.75, 3.05) is 0 Å². The minimum absolute atomic E-state index is 0.898. The Hall–Kier alpha value is 0.260. The zero-order valence-corrected chi connectivity index (χ0v) is 4.99. The van der Waals surface area contributed by atoms with Crippen LogP contribution in [0.3, 0.4) is 0 Å². The molecule has 0 fully saturated rings. The van der Waals surface area contributed by atoms with E-state index in [0.29, 0.717) is 0 Å². The van der Waals surface area contributed by atoms with Crippen molar-refractivity contribution in [1.29, 1.82) is 0 Å². The number of hydrogen-bond donors (Lipinski definition) is 0. The van der Waals surface area contributed by atoms with Gasteiger partial charge in [-0.3, -0.25) is 0 Å². The summed E-state index contributed by atoms with van der Waals surface area (Å²) in [7, 11) is 4.96. The predicted octanol–water partition coefficient (Wildman–Crippen LogP) is -1.43. The summed E-state index contributed by atoms with van der Waals surface area (Å²) in [5.74, 6) is 0. The van der Waals surface area contributed by atoms with E-state index in [2.05, 4.69) is 21.4 Å². The lowest BCUT2D eigenvalue weighted by atomic mass is 9.02.